The van der Waals surface area contributed by atoms with E-state index in [2.05, 4.69) is 10.3 Å². The third-order valence-corrected chi connectivity index (χ3v) is 4.44. The van der Waals surface area contributed by atoms with Crippen LogP contribution in [0.4, 0.5) is 5.88 Å². The van der Waals surface area contributed by atoms with Gasteiger partial charge >= 0.3 is 0 Å². The number of hydrogen-bond acceptors (Lipinski definition) is 7. The summed E-state index contributed by atoms with van der Waals surface area (Å²) in [5.41, 5.74) is -0.256. The number of sulfonamides is 1. The van der Waals surface area contributed by atoms with Gasteiger partial charge < -0.3 is 14.2 Å². The maximum absolute atomic E-state index is 12.0. The molecule has 132 valence electrons. The molecular weight excluding hydrogens is 356 g/mol. The molecule has 0 aliphatic rings. The van der Waals surface area contributed by atoms with Crippen LogP contribution in [0.15, 0.2) is 26.1 Å². The molecule has 0 spiro atoms. The van der Waals surface area contributed by atoms with Crippen molar-refractivity contribution in [3.05, 3.63) is 17.8 Å². The lowest BCUT2D eigenvalue weighted by molar-refractivity contribution is 0.423. The number of nitriles is 1. The number of furan rings is 1. The molecule has 1 N–H and O–H groups in total. The van der Waals surface area contributed by atoms with Gasteiger partial charge in [0.1, 0.15) is 6.07 Å². The summed E-state index contributed by atoms with van der Waals surface area (Å²) in [6, 6.07) is 4.68. The van der Waals surface area contributed by atoms with Crippen LogP contribution in [-0.2, 0) is 10.0 Å². The van der Waals surface area contributed by atoms with Crippen LogP contribution in [0.3, 0.4) is 0 Å². The Balaban J connectivity index is 0.00000288. The van der Waals surface area contributed by atoms with E-state index >= 15 is 0 Å². The Morgan fingerprint density at radius 1 is 1.25 bits per heavy atom. The number of nitrogens with one attached hydrogen (secondary N) is 1. The Labute approximate surface area is 146 Å². The third kappa shape index (κ3) is 4.08. The van der Waals surface area contributed by atoms with Crippen molar-refractivity contribution in [3.63, 3.8) is 0 Å². The monoisotopic (exact) mass is 374 g/mol. The second-order valence-electron chi connectivity index (χ2n) is 6.09. The van der Waals surface area contributed by atoms with Gasteiger partial charge in [-0.1, -0.05) is 0 Å². The molecular formula is C14H19ClN4O4S. The van der Waals surface area contributed by atoms with Crippen LogP contribution in [0.1, 0.15) is 26.5 Å². The Hall–Kier alpha value is -2.02. The average molecular weight is 375 g/mol. The fourth-order valence-corrected chi connectivity index (χ4v) is 2.48. The minimum atomic E-state index is -3.69. The lowest BCUT2D eigenvalue weighted by Gasteiger charge is -2.19. The van der Waals surface area contributed by atoms with E-state index in [1.54, 1.807) is 0 Å². The normalized spacial score (nSPS) is 11.9. The van der Waals surface area contributed by atoms with E-state index in [1.165, 1.54) is 26.2 Å². The molecule has 10 heteroatoms. The summed E-state index contributed by atoms with van der Waals surface area (Å²) in [6.07, 6.45) is 0. The molecule has 0 saturated heterocycles. The molecule has 2 rings (SSSR count). The van der Waals surface area contributed by atoms with Crippen molar-refractivity contribution in [3.8, 4) is 17.7 Å². The highest BCUT2D eigenvalue weighted by Gasteiger charge is 2.25. The van der Waals surface area contributed by atoms with Crippen molar-refractivity contribution in [2.75, 3.05) is 19.4 Å². The van der Waals surface area contributed by atoms with E-state index in [4.69, 9.17) is 14.1 Å². The van der Waals surface area contributed by atoms with Gasteiger partial charge in [0, 0.05) is 19.6 Å². The van der Waals surface area contributed by atoms with Gasteiger partial charge in [-0.15, -0.1) is 12.4 Å². The highest BCUT2D eigenvalue weighted by molar-refractivity contribution is 7.88. The molecule has 0 aliphatic carbocycles. The summed E-state index contributed by atoms with van der Waals surface area (Å²) in [4.78, 5) is 4.03. The third-order valence-electron chi connectivity index (χ3n) is 2.75. The van der Waals surface area contributed by atoms with E-state index in [-0.39, 0.29) is 46.3 Å². The second-order valence-corrected chi connectivity index (χ2v) is 8.17. The van der Waals surface area contributed by atoms with Crippen molar-refractivity contribution < 1.29 is 17.3 Å². The Kier molecular flexibility index (Phi) is 5.71. The van der Waals surface area contributed by atoms with Gasteiger partial charge in [-0.3, -0.25) is 0 Å². The molecule has 0 unspecified atom stereocenters. The van der Waals surface area contributed by atoms with E-state index in [9.17, 15) is 8.42 Å². The molecule has 0 atom stereocenters. The fourth-order valence-electron chi connectivity index (χ4n) is 1.68. The molecule has 0 amide bonds. The van der Waals surface area contributed by atoms with Crippen molar-refractivity contribution in [2.45, 2.75) is 31.4 Å². The van der Waals surface area contributed by atoms with Crippen LogP contribution in [0.2, 0.25) is 0 Å². The van der Waals surface area contributed by atoms with Gasteiger partial charge in [-0.05, 0) is 32.9 Å². The maximum Gasteiger partial charge on any atom is 0.275 e. The number of halogens is 1. The van der Waals surface area contributed by atoms with Crippen molar-refractivity contribution in [1.29, 1.82) is 5.26 Å². The molecule has 2 aromatic heterocycles. The Bertz CT molecular complexity index is 856. The molecule has 2 heterocycles. The molecule has 0 saturated carbocycles. The highest BCUT2D eigenvalue weighted by Crippen LogP contribution is 2.30. The van der Waals surface area contributed by atoms with Gasteiger partial charge in [0.15, 0.2) is 5.76 Å². The molecule has 24 heavy (non-hydrogen) atoms. The summed E-state index contributed by atoms with van der Waals surface area (Å²) < 4.78 is 35.9. The number of anilines is 1. The molecule has 0 aromatic carbocycles. The largest absolute Gasteiger partial charge is 0.438 e. The first kappa shape index (κ1) is 20.0. The number of rotatable bonds is 4. The topological polar surface area (TPSA) is 112 Å². The van der Waals surface area contributed by atoms with Crippen LogP contribution in [0.5, 0.6) is 0 Å². The average Bonchev–Trinajstić information content (AvgIpc) is 3.02. The van der Waals surface area contributed by atoms with E-state index in [0.717, 1.165) is 4.31 Å². The lowest BCUT2D eigenvalue weighted by atomic mass is 10.1. The summed E-state index contributed by atoms with van der Waals surface area (Å²) >= 11 is 0. The van der Waals surface area contributed by atoms with Gasteiger partial charge in [0.25, 0.3) is 15.9 Å². The predicted molar refractivity (Wildman–Crippen MR) is 90.4 cm³/mol. The standard InChI is InChI=1S/C14H18N4O4S.ClH/c1-14(2,3)17-12-9(8-15)16-13(22-12)10-6-7-11(21-10)23(19,20)18(4)5;/h6-7,17H,1-5H3;1H. The second kappa shape index (κ2) is 6.84. The number of hydrogen-bond donors (Lipinski definition) is 1. The fraction of sp³-hybridized carbons (Fsp3) is 0.429. The van der Waals surface area contributed by atoms with Gasteiger partial charge in [-0.2, -0.15) is 10.2 Å². The summed E-state index contributed by atoms with van der Waals surface area (Å²) in [7, 11) is -0.876. The number of oxazole rings is 1. The zero-order valence-electron chi connectivity index (χ0n) is 13.9. The first-order valence-electron chi connectivity index (χ1n) is 6.76. The van der Waals surface area contributed by atoms with Crippen LogP contribution >= 0.6 is 12.4 Å². The predicted octanol–water partition coefficient (Wildman–Crippen LogP) is 2.69. The first-order valence-corrected chi connectivity index (χ1v) is 8.20. The zero-order chi connectivity index (χ0) is 17.4. The molecule has 8 nitrogen and oxygen atoms in total. The minimum Gasteiger partial charge on any atom is -0.438 e. The van der Waals surface area contributed by atoms with Crippen LogP contribution in [0, 0.1) is 11.3 Å². The van der Waals surface area contributed by atoms with Crippen LogP contribution < -0.4 is 5.32 Å². The SMILES string of the molecule is CN(C)S(=O)(=O)c1ccc(-c2nc(C#N)c(NC(C)(C)C)o2)o1.Cl. The molecule has 0 aliphatic heterocycles. The zero-order valence-corrected chi connectivity index (χ0v) is 15.6. The van der Waals surface area contributed by atoms with Gasteiger partial charge in [0.05, 0.1) is 0 Å². The Morgan fingerprint density at radius 2 is 1.88 bits per heavy atom. The molecule has 0 bridgehead atoms. The summed E-state index contributed by atoms with van der Waals surface area (Å²) in [5, 5.41) is 11.9. The van der Waals surface area contributed by atoms with Crippen molar-refractivity contribution in [2.24, 2.45) is 0 Å². The lowest BCUT2D eigenvalue weighted by Crippen LogP contribution is -2.26. The summed E-state index contributed by atoms with van der Waals surface area (Å²) in [6.45, 7) is 5.72. The van der Waals surface area contributed by atoms with Crippen molar-refractivity contribution in [1.82, 2.24) is 9.29 Å². The van der Waals surface area contributed by atoms with Crippen LogP contribution in [0.25, 0.3) is 11.7 Å². The van der Waals surface area contributed by atoms with Crippen LogP contribution in [-0.4, -0.2) is 37.3 Å². The minimum absolute atomic E-state index is 0. The number of aromatic nitrogens is 1. The van der Waals surface area contributed by atoms with E-state index < -0.39 is 10.0 Å². The molecule has 0 fully saturated rings. The Morgan fingerprint density at radius 3 is 2.38 bits per heavy atom. The van der Waals surface area contributed by atoms with Gasteiger partial charge in [-0.25, -0.2) is 12.7 Å². The smallest absolute Gasteiger partial charge is 0.275 e. The maximum atomic E-state index is 12.0. The van der Waals surface area contributed by atoms with Crippen molar-refractivity contribution >= 4 is 28.3 Å². The summed E-state index contributed by atoms with van der Waals surface area (Å²) in [5.74, 6) is 0.376. The van der Waals surface area contributed by atoms with Gasteiger partial charge in [0.2, 0.25) is 16.7 Å². The quantitative estimate of drug-likeness (QED) is 0.875. The molecule has 2 aromatic rings. The number of nitrogens with zero attached hydrogens (tertiary/aromatic N) is 3. The molecule has 0 radical (unpaired) electrons. The highest BCUT2D eigenvalue weighted by atomic mass is 35.5. The van der Waals surface area contributed by atoms with E-state index in [0.29, 0.717) is 0 Å². The first-order chi connectivity index (χ1) is 10.5. The van der Waals surface area contributed by atoms with E-state index in [1.807, 2.05) is 26.8 Å².